The van der Waals surface area contributed by atoms with Crippen molar-refractivity contribution in [2.45, 2.75) is 46.2 Å². The number of aliphatic carboxylic acids is 1. The van der Waals surface area contributed by atoms with Crippen LogP contribution in [0.2, 0.25) is 0 Å². The molecule has 3 N–H and O–H groups in total. The number of hydrogen-bond acceptors (Lipinski definition) is 3. The maximum atomic E-state index is 11.8. The molecule has 7 heteroatoms. The first-order valence-electron chi connectivity index (χ1n) is 7.02. The lowest BCUT2D eigenvalue weighted by molar-refractivity contribution is -0.138. The van der Waals surface area contributed by atoms with Gasteiger partial charge in [0.1, 0.15) is 0 Å². The van der Waals surface area contributed by atoms with Gasteiger partial charge in [-0.25, -0.2) is 4.79 Å². The van der Waals surface area contributed by atoms with E-state index in [-0.39, 0.29) is 17.9 Å². The second-order valence-corrected chi connectivity index (χ2v) is 6.04. The number of carbonyl (C=O) groups is 2. The van der Waals surface area contributed by atoms with E-state index in [9.17, 15) is 9.59 Å². The molecular formula is C14H24N4O3. The van der Waals surface area contributed by atoms with E-state index in [4.69, 9.17) is 5.11 Å². The van der Waals surface area contributed by atoms with Crippen molar-refractivity contribution >= 4 is 12.0 Å². The third-order valence-electron chi connectivity index (χ3n) is 3.14. The molecule has 2 amide bonds. The molecule has 0 fully saturated rings. The molecule has 0 aromatic carbocycles. The maximum Gasteiger partial charge on any atom is 0.315 e. The van der Waals surface area contributed by atoms with E-state index in [0.29, 0.717) is 6.54 Å². The molecule has 1 aromatic heterocycles. The summed E-state index contributed by atoms with van der Waals surface area (Å²) in [7, 11) is 0. The topological polar surface area (TPSA) is 96.3 Å². The quantitative estimate of drug-likeness (QED) is 0.664. The maximum absolute atomic E-state index is 11.8. The van der Waals surface area contributed by atoms with Crippen molar-refractivity contribution in [3.8, 4) is 0 Å². The van der Waals surface area contributed by atoms with Gasteiger partial charge < -0.3 is 15.7 Å². The second kappa shape index (κ2) is 7.66. The zero-order valence-electron chi connectivity index (χ0n) is 12.8. The lowest BCUT2D eigenvalue weighted by Crippen LogP contribution is -2.49. The number of carboxylic acids is 1. The lowest BCUT2D eigenvalue weighted by atomic mass is 9.85. The van der Waals surface area contributed by atoms with Gasteiger partial charge in [-0.15, -0.1) is 0 Å². The van der Waals surface area contributed by atoms with E-state index >= 15 is 0 Å². The number of aryl methyl sites for hydroxylation is 1. The summed E-state index contributed by atoms with van der Waals surface area (Å²) < 4.78 is 1.79. The van der Waals surface area contributed by atoms with Gasteiger partial charge in [-0.3, -0.25) is 9.48 Å². The van der Waals surface area contributed by atoms with Gasteiger partial charge in [0.05, 0.1) is 6.42 Å². The van der Waals surface area contributed by atoms with Gasteiger partial charge in [0.15, 0.2) is 0 Å². The Morgan fingerprint density at radius 3 is 2.62 bits per heavy atom. The van der Waals surface area contributed by atoms with Crippen molar-refractivity contribution in [1.29, 1.82) is 0 Å². The highest BCUT2D eigenvalue weighted by atomic mass is 16.4. The molecule has 0 aliphatic carbocycles. The minimum atomic E-state index is -0.922. The van der Waals surface area contributed by atoms with Gasteiger partial charge in [-0.2, -0.15) is 5.10 Å². The van der Waals surface area contributed by atoms with Gasteiger partial charge in [0, 0.05) is 31.5 Å². The standard InChI is InChI=1S/C14H24N4O3/c1-14(2,3)11(10-12(19)20)17-13(21)15-6-4-8-18-9-5-7-16-18/h5,7,9,11H,4,6,8,10H2,1-3H3,(H,19,20)(H2,15,17,21). The number of carboxylic acid groups (broad SMARTS) is 1. The van der Waals surface area contributed by atoms with Gasteiger partial charge >= 0.3 is 12.0 Å². The molecule has 0 saturated heterocycles. The fourth-order valence-corrected chi connectivity index (χ4v) is 1.83. The Morgan fingerprint density at radius 2 is 2.10 bits per heavy atom. The molecule has 0 aliphatic rings. The van der Waals surface area contributed by atoms with Crippen molar-refractivity contribution in [3.63, 3.8) is 0 Å². The summed E-state index contributed by atoms with van der Waals surface area (Å²) >= 11 is 0. The number of amides is 2. The van der Waals surface area contributed by atoms with Crippen LogP contribution in [0, 0.1) is 5.41 Å². The second-order valence-electron chi connectivity index (χ2n) is 6.04. The number of hydrogen-bond donors (Lipinski definition) is 3. The number of carbonyl (C=O) groups excluding carboxylic acids is 1. The molecular weight excluding hydrogens is 272 g/mol. The predicted molar refractivity (Wildman–Crippen MR) is 78.9 cm³/mol. The monoisotopic (exact) mass is 296 g/mol. The Kier molecular flexibility index (Phi) is 6.20. The molecule has 1 aromatic rings. The van der Waals surface area contributed by atoms with Crippen LogP contribution < -0.4 is 10.6 Å². The molecule has 0 saturated carbocycles. The zero-order chi connectivity index (χ0) is 15.9. The third kappa shape index (κ3) is 6.78. The summed E-state index contributed by atoms with van der Waals surface area (Å²) in [4.78, 5) is 22.7. The predicted octanol–water partition coefficient (Wildman–Crippen LogP) is 1.46. The summed E-state index contributed by atoms with van der Waals surface area (Å²) in [5, 5.41) is 18.4. The van der Waals surface area contributed by atoms with Gasteiger partial charge in [0.25, 0.3) is 0 Å². The largest absolute Gasteiger partial charge is 0.481 e. The molecule has 21 heavy (non-hydrogen) atoms. The molecule has 1 heterocycles. The van der Waals surface area contributed by atoms with Crippen LogP contribution in [0.1, 0.15) is 33.6 Å². The molecule has 118 valence electrons. The van der Waals surface area contributed by atoms with Crippen molar-refractivity contribution < 1.29 is 14.7 Å². The van der Waals surface area contributed by atoms with Crippen LogP contribution in [0.25, 0.3) is 0 Å². The fraction of sp³-hybridized carbons (Fsp3) is 0.643. The molecule has 1 rings (SSSR count). The van der Waals surface area contributed by atoms with Crippen LogP contribution in [0.4, 0.5) is 4.79 Å². The van der Waals surface area contributed by atoms with E-state index in [1.165, 1.54) is 0 Å². The smallest absolute Gasteiger partial charge is 0.315 e. The first-order chi connectivity index (χ1) is 9.79. The molecule has 7 nitrogen and oxygen atoms in total. The molecule has 0 radical (unpaired) electrons. The number of urea groups is 1. The molecule has 0 aliphatic heterocycles. The molecule has 0 spiro atoms. The average molecular weight is 296 g/mol. The van der Waals surface area contributed by atoms with Crippen molar-refractivity contribution in [3.05, 3.63) is 18.5 Å². The van der Waals surface area contributed by atoms with Crippen LogP contribution in [-0.2, 0) is 11.3 Å². The number of aromatic nitrogens is 2. The number of nitrogens with zero attached hydrogens (tertiary/aromatic N) is 2. The molecule has 0 bridgehead atoms. The Labute approximate surface area is 124 Å². The van der Waals surface area contributed by atoms with E-state index in [0.717, 1.165) is 13.0 Å². The summed E-state index contributed by atoms with van der Waals surface area (Å²) in [5.74, 6) is -0.922. The van der Waals surface area contributed by atoms with Gasteiger partial charge in [0.2, 0.25) is 0 Å². The van der Waals surface area contributed by atoms with Crippen LogP contribution >= 0.6 is 0 Å². The summed E-state index contributed by atoms with van der Waals surface area (Å²) in [6.45, 7) is 6.94. The Balaban J connectivity index is 2.31. The highest BCUT2D eigenvalue weighted by Crippen LogP contribution is 2.21. The summed E-state index contributed by atoms with van der Waals surface area (Å²) in [6.07, 6.45) is 4.24. The SMILES string of the molecule is CC(C)(C)C(CC(=O)O)NC(=O)NCCCn1cccn1. The van der Waals surface area contributed by atoms with Crippen LogP contribution in [0.15, 0.2) is 18.5 Å². The van der Waals surface area contributed by atoms with Crippen LogP contribution in [-0.4, -0.2) is 39.5 Å². The van der Waals surface area contributed by atoms with Gasteiger partial charge in [-0.1, -0.05) is 20.8 Å². The zero-order valence-corrected chi connectivity index (χ0v) is 12.8. The highest BCUT2D eigenvalue weighted by Gasteiger charge is 2.28. The Bertz CT molecular complexity index is 451. The van der Waals surface area contributed by atoms with Crippen molar-refractivity contribution in [2.75, 3.05) is 6.54 Å². The van der Waals surface area contributed by atoms with E-state index in [1.807, 2.05) is 33.0 Å². The summed E-state index contributed by atoms with van der Waals surface area (Å²) in [5.41, 5.74) is -0.315. The highest BCUT2D eigenvalue weighted by molar-refractivity contribution is 5.75. The Morgan fingerprint density at radius 1 is 1.38 bits per heavy atom. The average Bonchev–Trinajstić information content (AvgIpc) is 2.85. The van der Waals surface area contributed by atoms with Crippen LogP contribution in [0.3, 0.4) is 0 Å². The van der Waals surface area contributed by atoms with E-state index < -0.39 is 12.0 Å². The number of rotatable bonds is 7. The third-order valence-corrected chi connectivity index (χ3v) is 3.14. The fourth-order valence-electron chi connectivity index (χ4n) is 1.83. The molecule has 1 unspecified atom stereocenters. The van der Waals surface area contributed by atoms with Gasteiger partial charge in [-0.05, 0) is 17.9 Å². The molecule has 1 atom stereocenters. The normalized spacial score (nSPS) is 12.7. The first-order valence-corrected chi connectivity index (χ1v) is 7.02. The van der Waals surface area contributed by atoms with Crippen molar-refractivity contribution in [1.82, 2.24) is 20.4 Å². The number of nitrogens with one attached hydrogen (secondary N) is 2. The first kappa shape index (κ1) is 17.0. The Hall–Kier alpha value is -2.05. The van der Waals surface area contributed by atoms with E-state index in [2.05, 4.69) is 15.7 Å². The van der Waals surface area contributed by atoms with Crippen LogP contribution in [0.5, 0.6) is 0 Å². The van der Waals surface area contributed by atoms with E-state index in [1.54, 1.807) is 10.9 Å². The minimum Gasteiger partial charge on any atom is -0.481 e. The lowest BCUT2D eigenvalue weighted by Gasteiger charge is -2.30. The van der Waals surface area contributed by atoms with Crippen molar-refractivity contribution in [2.24, 2.45) is 5.41 Å². The minimum absolute atomic E-state index is 0.0930. The summed E-state index contributed by atoms with van der Waals surface area (Å²) in [6, 6.07) is 1.10.